The molecule has 2 atom stereocenters. The quantitative estimate of drug-likeness (QED) is 0.698. The molecule has 1 aromatic carbocycles. The summed E-state index contributed by atoms with van der Waals surface area (Å²) in [5.41, 5.74) is 0.0945. The van der Waals surface area contributed by atoms with Crippen LogP contribution < -0.4 is 4.74 Å². The second-order valence-corrected chi connectivity index (χ2v) is 7.16. The highest BCUT2D eigenvalue weighted by atomic mass is 16.5. The Bertz CT molecular complexity index is 450. The Labute approximate surface area is 128 Å². The molecule has 0 saturated heterocycles. The average Bonchev–Trinajstić information content (AvgIpc) is 2.44. The van der Waals surface area contributed by atoms with Gasteiger partial charge >= 0.3 is 0 Å². The fourth-order valence-corrected chi connectivity index (χ4v) is 3.44. The molecule has 1 aliphatic rings. The van der Waals surface area contributed by atoms with E-state index in [0.29, 0.717) is 11.7 Å². The molecule has 0 aromatic heterocycles. The SMILES string of the molecule is CC1CCC(C(C)(C)CCCOc2ccccc2)C(=O)C1. The molecular formula is C19H28O2. The lowest BCUT2D eigenvalue weighted by atomic mass is 9.66. The number of hydrogen-bond donors (Lipinski definition) is 0. The molecule has 0 N–H and O–H groups in total. The zero-order valence-corrected chi connectivity index (χ0v) is 13.6. The van der Waals surface area contributed by atoms with Crippen molar-refractivity contribution in [2.75, 3.05) is 6.61 Å². The monoisotopic (exact) mass is 288 g/mol. The Morgan fingerprint density at radius 2 is 1.90 bits per heavy atom. The van der Waals surface area contributed by atoms with Gasteiger partial charge in [0.05, 0.1) is 6.61 Å². The van der Waals surface area contributed by atoms with E-state index in [-0.39, 0.29) is 11.3 Å². The number of para-hydroxylation sites is 1. The molecule has 1 fully saturated rings. The molecule has 2 heteroatoms. The summed E-state index contributed by atoms with van der Waals surface area (Å²) in [5.74, 6) is 2.22. The van der Waals surface area contributed by atoms with Gasteiger partial charge in [0.25, 0.3) is 0 Å². The van der Waals surface area contributed by atoms with Gasteiger partial charge in [-0.15, -0.1) is 0 Å². The van der Waals surface area contributed by atoms with E-state index in [0.717, 1.165) is 38.0 Å². The summed E-state index contributed by atoms with van der Waals surface area (Å²) in [4.78, 5) is 12.3. The highest BCUT2D eigenvalue weighted by Crippen LogP contribution is 2.40. The second-order valence-electron chi connectivity index (χ2n) is 7.16. The second kappa shape index (κ2) is 7.11. The zero-order valence-electron chi connectivity index (χ0n) is 13.6. The van der Waals surface area contributed by atoms with Crippen LogP contribution in [-0.2, 0) is 4.79 Å². The molecule has 0 heterocycles. The van der Waals surface area contributed by atoms with Crippen molar-refractivity contribution < 1.29 is 9.53 Å². The molecule has 1 aliphatic carbocycles. The molecule has 0 radical (unpaired) electrons. The summed E-state index contributed by atoms with van der Waals surface area (Å²) >= 11 is 0. The summed E-state index contributed by atoms with van der Waals surface area (Å²) in [6, 6.07) is 9.93. The van der Waals surface area contributed by atoms with Gasteiger partial charge in [0.1, 0.15) is 11.5 Å². The molecule has 0 bridgehead atoms. The highest BCUT2D eigenvalue weighted by molar-refractivity contribution is 5.82. The van der Waals surface area contributed by atoms with Crippen molar-refractivity contribution in [1.29, 1.82) is 0 Å². The number of rotatable bonds is 6. The minimum absolute atomic E-state index is 0.0945. The Morgan fingerprint density at radius 3 is 2.57 bits per heavy atom. The van der Waals surface area contributed by atoms with Gasteiger partial charge < -0.3 is 4.74 Å². The van der Waals surface area contributed by atoms with E-state index >= 15 is 0 Å². The fraction of sp³-hybridized carbons (Fsp3) is 0.632. The van der Waals surface area contributed by atoms with E-state index in [9.17, 15) is 4.79 Å². The van der Waals surface area contributed by atoms with E-state index in [1.165, 1.54) is 6.42 Å². The van der Waals surface area contributed by atoms with Gasteiger partial charge in [-0.1, -0.05) is 39.0 Å². The van der Waals surface area contributed by atoms with Gasteiger partial charge in [-0.2, -0.15) is 0 Å². The summed E-state index contributed by atoms with van der Waals surface area (Å²) in [6.07, 6.45) is 5.08. The first-order chi connectivity index (χ1) is 9.99. The third kappa shape index (κ3) is 4.59. The maximum atomic E-state index is 12.3. The van der Waals surface area contributed by atoms with E-state index < -0.39 is 0 Å². The molecule has 2 rings (SSSR count). The Kier molecular flexibility index (Phi) is 5.44. The van der Waals surface area contributed by atoms with Crippen LogP contribution in [0.3, 0.4) is 0 Å². The predicted octanol–water partition coefficient (Wildman–Crippen LogP) is 4.88. The van der Waals surface area contributed by atoms with Crippen LogP contribution in [0.25, 0.3) is 0 Å². The van der Waals surface area contributed by atoms with Gasteiger partial charge in [-0.05, 0) is 49.1 Å². The van der Waals surface area contributed by atoms with Crippen molar-refractivity contribution in [1.82, 2.24) is 0 Å². The van der Waals surface area contributed by atoms with Crippen LogP contribution in [0.1, 0.15) is 52.9 Å². The summed E-state index contributed by atoms with van der Waals surface area (Å²) in [5, 5.41) is 0. The van der Waals surface area contributed by atoms with E-state index in [1.54, 1.807) is 0 Å². The lowest BCUT2D eigenvalue weighted by Gasteiger charge is -2.37. The number of Topliss-reactive ketones (excluding diaryl/α,β-unsaturated/α-hetero) is 1. The topological polar surface area (TPSA) is 26.3 Å². The minimum Gasteiger partial charge on any atom is -0.494 e. The van der Waals surface area contributed by atoms with Gasteiger partial charge in [0.2, 0.25) is 0 Å². The van der Waals surface area contributed by atoms with Gasteiger partial charge in [-0.3, -0.25) is 4.79 Å². The normalized spacial score (nSPS) is 23.1. The van der Waals surface area contributed by atoms with E-state index in [1.807, 2.05) is 30.3 Å². The fourth-order valence-electron chi connectivity index (χ4n) is 3.44. The number of benzene rings is 1. The van der Waals surface area contributed by atoms with Crippen molar-refractivity contribution in [2.45, 2.75) is 52.9 Å². The number of hydrogen-bond acceptors (Lipinski definition) is 2. The first kappa shape index (κ1) is 16.1. The Hall–Kier alpha value is -1.31. The Balaban J connectivity index is 1.77. The number of ketones is 1. The third-order valence-electron chi connectivity index (χ3n) is 4.81. The molecule has 2 unspecified atom stereocenters. The zero-order chi connectivity index (χ0) is 15.3. The summed E-state index contributed by atoms with van der Waals surface area (Å²) in [6.45, 7) is 7.40. The van der Waals surface area contributed by atoms with Gasteiger partial charge in [0.15, 0.2) is 0 Å². The van der Waals surface area contributed by atoms with Crippen molar-refractivity contribution in [3.8, 4) is 5.75 Å². The molecule has 1 aromatic rings. The van der Waals surface area contributed by atoms with Crippen molar-refractivity contribution in [3.63, 3.8) is 0 Å². The van der Waals surface area contributed by atoms with Gasteiger partial charge in [0, 0.05) is 12.3 Å². The minimum atomic E-state index is 0.0945. The van der Waals surface area contributed by atoms with Crippen LogP contribution in [0.2, 0.25) is 0 Å². The van der Waals surface area contributed by atoms with Crippen LogP contribution in [0.4, 0.5) is 0 Å². The first-order valence-electron chi connectivity index (χ1n) is 8.19. The Morgan fingerprint density at radius 1 is 1.19 bits per heavy atom. The highest BCUT2D eigenvalue weighted by Gasteiger charge is 2.37. The molecule has 0 aliphatic heterocycles. The van der Waals surface area contributed by atoms with Crippen molar-refractivity contribution >= 4 is 5.78 Å². The largest absolute Gasteiger partial charge is 0.494 e. The smallest absolute Gasteiger partial charge is 0.136 e. The van der Waals surface area contributed by atoms with Crippen molar-refractivity contribution in [2.24, 2.45) is 17.3 Å². The molecule has 0 amide bonds. The van der Waals surface area contributed by atoms with Crippen LogP contribution >= 0.6 is 0 Å². The lowest BCUT2D eigenvalue weighted by Crippen LogP contribution is -2.35. The standard InChI is InChI=1S/C19H28O2/c1-15-10-11-17(18(20)14-15)19(2,3)12-7-13-21-16-8-5-4-6-9-16/h4-6,8-9,15,17H,7,10-14H2,1-3H3. The van der Waals surface area contributed by atoms with Crippen LogP contribution in [-0.4, -0.2) is 12.4 Å². The molecular weight excluding hydrogens is 260 g/mol. The van der Waals surface area contributed by atoms with E-state index in [4.69, 9.17) is 4.74 Å². The van der Waals surface area contributed by atoms with Gasteiger partial charge in [-0.25, -0.2) is 0 Å². The average molecular weight is 288 g/mol. The first-order valence-corrected chi connectivity index (χ1v) is 8.19. The number of carbonyl (C=O) groups excluding carboxylic acids is 1. The lowest BCUT2D eigenvalue weighted by molar-refractivity contribution is -0.130. The van der Waals surface area contributed by atoms with Crippen LogP contribution in [0.5, 0.6) is 5.75 Å². The molecule has 2 nitrogen and oxygen atoms in total. The van der Waals surface area contributed by atoms with Crippen LogP contribution in [0.15, 0.2) is 30.3 Å². The maximum Gasteiger partial charge on any atom is 0.136 e. The molecule has 21 heavy (non-hydrogen) atoms. The van der Waals surface area contributed by atoms with E-state index in [2.05, 4.69) is 20.8 Å². The summed E-state index contributed by atoms with van der Waals surface area (Å²) in [7, 11) is 0. The predicted molar refractivity (Wildman–Crippen MR) is 86.5 cm³/mol. The molecule has 116 valence electrons. The molecule has 0 spiro atoms. The van der Waals surface area contributed by atoms with Crippen LogP contribution in [0, 0.1) is 17.3 Å². The summed E-state index contributed by atoms with van der Waals surface area (Å²) < 4.78 is 5.75. The number of ether oxygens (including phenoxy) is 1. The van der Waals surface area contributed by atoms with Crippen molar-refractivity contribution in [3.05, 3.63) is 30.3 Å². The number of carbonyl (C=O) groups is 1. The maximum absolute atomic E-state index is 12.3. The molecule has 1 saturated carbocycles. The third-order valence-corrected chi connectivity index (χ3v) is 4.81.